The van der Waals surface area contributed by atoms with Gasteiger partial charge in [0.05, 0.1) is 29.2 Å². The average molecular weight is 941 g/mol. The Morgan fingerprint density at radius 3 is 1.44 bits per heavy atom. The first kappa shape index (κ1) is 39.4. The zero-order valence-electron chi connectivity index (χ0n) is 30.3. The Hall–Kier alpha value is -5.30. The molecule has 0 unspecified atom stereocenters. The standard InChI is InChI=1S/C22H19FN4O.C19H14FIN4.O.Pd/c1-13(28)12-18-25-14(2)19-20(15-8-10-24-11-9-15)21(27(3)22(19)26-18)16-4-6-17(23)7-5-16;1-11-15-16(12-7-9-22-10-8-12)17(13-3-5-14(20)6-4-13)25(2)18(15)24-19(21)23-11;;/h4-11H,12H2,1-3H3;3-10H,1-2H3;;. The number of ketones is 1. The number of aryl methyl sites for hydroxylation is 4. The van der Waals surface area contributed by atoms with Crippen LogP contribution in [0.25, 0.3) is 66.8 Å². The van der Waals surface area contributed by atoms with E-state index in [0.29, 0.717) is 9.66 Å². The van der Waals surface area contributed by atoms with Gasteiger partial charge in [-0.3, -0.25) is 14.8 Å². The van der Waals surface area contributed by atoms with E-state index in [1.54, 1.807) is 49.1 Å². The van der Waals surface area contributed by atoms with E-state index in [4.69, 9.17) is 3.47 Å². The Labute approximate surface area is 340 Å². The first-order valence-corrected chi connectivity index (χ1v) is 18.6. The van der Waals surface area contributed by atoms with Gasteiger partial charge in [0.15, 0.2) is 3.83 Å². The second-order valence-electron chi connectivity index (χ2n) is 12.6. The predicted octanol–water partition coefficient (Wildman–Crippen LogP) is 8.90. The summed E-state index contributed by atoms with van der Waals surface area (Å²) in [4.78, 5) is 38.2. The molecule has 8 aromatic rings. The molecule has 8 rings (SSSR count). The molecule has 0 aliphatic rings. The molecule has 0 radical (unpaired) electrons. The second kappa shape index (κ2) is 17.0. The molecule has 14 heteroatoms. The van der Waals surface area contributed by atoms with Gasteiger partial charge in [0.2, 0.25) is 0 Å². The third-order valence-corrected chi connectivity index (χ3v) is 9.50. The molecule has 0 aliphatic carbocycles. The van der Waals surface area contributed by atoms with Crippen molar-refractivity contribution in [2.75, 3.05) is 0 Å². The number of carbonyl (C=O) groups is 1. The number of nitrogens with zero attached hydrogens (tertiary/aromatic N) is 8. The molecule has 0 spiro atoms. The van der Waals surface area contributed by atoms with Gasteiger partial charge in [0, 0.05) is 83.4 Å². The fourth-order valence-corrected chi connectivity index (χ4v) is 7.38. The topological polar surface area (TPSA) is 121 Å². The van der Waals surface area contributed by atoms with Crippen LogP contribution >= 0.6 is 22.6 Å². The van der Waals surface area contributed by atoms with Crippen molar-refractivity contribution in [2.45, 2.75) is 27.2 Å². The summed E-state index contributed by atoms with van der Waals surface area (Å²) in [6.45, 7) is 5.44. The van der Waals surface area contributed by atoms with Crippen LogP contribution in [0.1, 0.15) is 24.1 Å². The van der Waals surface area contributed by atoms with E-state index in [-0.39, 0.29) is 23.8 Å². The summed E-state index contributed by atoms with van der Waals surface area (Å²) in [7, 11) is 3.91. The predicted molar refractivity (Wildman–Crippen MR) is 212 cm³/mol. The molecule has 0 N–H and O–H groups in total. The van der Waals surface area contributed by atoms with Gasteiger partial charge in [0.25, 0.3) is 0 Å². The number of halogens is 3. The number of fused-ring (bicyclic) bond motifs is 2. The third-order valence-electron chi connectivity index (χ3n) is 9.02. The van der Waals surface area contributed by atoms with Crippen LogP contribution < -0.4 is 0 Å². The maximum atomic E-state index is 13.5. The molecular weight excluding hydrogens is 908 g/mol. The van der Waals surface area contributed by atoms with Gasteiger partial charge in [-0.25, -0.2) is 28.7 Å². The number of pyridine rings is 2. The Morgan fingerprint density at radius 2 is 1.02 bits per heavy atom. The van der Waals surface area contributed by atoms with Crippen LogP contribution in [-0.2, 0) is 47.9 Å². The van der Waals surface area contributed by atoms with Crippen molar-refractivity contribution in [2.24, 2.45) is 14.1 Å². The van der Waals surface area contributed by atoms with Crippen molar-refractivity contribution in [3.05, 3.63) is 130 Å². The van der Waals surface area contributed by atoms with Crippen molar-refractivity contribution < 1.29 is 36.2 Å². The minimum atomic E-state index is -0.285. The molecule has 55 heavy (non-hydrogen) atoms. The zero-order chi connectivity index (χ0) is 39.4. The Kier molecular flexibility index (Phi) is 12.2. The summed E-state index contributed by atoms with van der Waals surface area (Å²) >= 11 is 3.63. The molecule has 280 valence electrons. The average Bonchev–Trinajstić information content (AvgIpc) is 3.64. The van der Waals surface area contributed by atoms with E-state index in [1.807, 2.05) is 56.8 Å². The van der Waals surface area contributed by atoms with E-state index >= 15 is 0 Å². The number of Topliss-reactive ketones (excluding diaryl/α,β-unsaturated/α-hetero) is 1. The fraction of sp³-hybridized carbons (Fsp3) is 0.146. The van der Waals surface area contributed by atoms with Gasteiger partial charge in [0.1, 0.15) is 34.5 Å². The van der Waals surface area contributed by atoms with Crippen molar-refractivity contribution in [3.8, 4) is 44.8 Å². The molecule has 0 bridgehead atoms. The Bertz CT molecular complexity index is 2650. The fourth-order valence-electron chi connectivity index (χ4n) is 6.79. The molecule has 0 saturated carbocycles. The van der Waals surface area contributed by atoms with E-state index in [0.717, 1.165) is 78.2 Å². The summed E-state index contributed by atoms with van der Waals surface area (Å²) in [5.41, 5.74) is 11.1. The SMILES string of the molecule is CC(=O)Cc1nc(C)c2c(-c3ccncc3)c(-c3ccc(F)cc3)n(C)c2n1.Cc1nc(I)nc2c1c(-c1ccncc1)c(-c1ccc(F)cc1)n2C.[O]=[Pd]. The summed E-state index contributed by atoms with van der Waals surface area (Å²) in [5, 5.41) is 1.92. The molecule has 0 saturated heterocycles. The number of rotatable bonds is 6. The van der Waals surface area contributed by atoms with Crippen LogP contribution in [0.2, 0.25) is 0 Å². The van der Waals surface area contributed by atoms with Crippen molar-refractivity contribution in [1.29, 1.82) is 0 Å². The van der Waals surface area contributed by atoms with E-state index in [1.165, 1.54) is 50.3 Å². The normalized spacial score (nSPS) is 10.9. The Balaban J connectivity index is 0.000000180. The number of carbonyl (C=O) groups excluding carboxylic acids is 1. The van der Waals surface area contributed by atoms with Crippen LogP contribution in [0.3, 0.4) is 0 Å². The monoisotopic (exact) mass is 940 g/mol. The van der Waals surface area contributed by atoms with Gasteiger partial charge < -0.3 is 9.13 Å². The zero-order valence-corrected chi connectivity index (χ0v) is 34.0. The quantitative estimate of drug-likeness (QED) is 0.0922. The van der Waals surface area contributed by atoms with Crippen molar-refractivity contribution in [3.63, 3.8) is 0 Å². The van der Waals surface area contributed by atoms with Crippen molar-refractivity contribution in [1.82, 2.24) is 39.0 Å². The summed E-state index contributed by atoms with van der Waals surface area (Å²) in [6.07, 6.45) is 7.21. The number of hydrogen-bond acceptors (Lipinski definition) is 8. The van der Waals surface area contributed by atoms with Gasteiger partial charge in [-0.1, -0.05) is 0 Å². The second-order valence-corrected chi connectivity index (χ2v) is 13.6. The molecule has 0 fully saturated rings. The van der Waals surface area contributed by atoms with Gasteiger partial charge in [-0.2, -0.15) is 0 Å². The van der Waals surface area contributed by atoms with Crippen LogP contribution in [0.5, 0.6) is 0 Å². The van der Waals surface area contributed by atoms with Gasteiger partial charge in [-0.05, 0) is 116 Å². The minimum absolute atomic E-state index is 0.0149. The molecule has 2 aromatic carbocycles. The number of hydrogen-bond donors (Lipinski definition) is 0. The number of benzene rings is 2. The molecule has 6 aromatic heterocycles. The van der Waals surface area contributed by atoms with Gasteiger partial charge in [-0.15, -0.1) is 0 Å². The molecule has 6 heterocycles. The summed E-state index contributed by atoms with van der Waals surface area (Å²) in [6, 6.07) is 20.8. The number of aromatic nitrogens is 8. The molecule has 0 aliphatic heterocycles. The molecule has 0 atom stereocenters. The van der Waals surface area contributed by atoms with Gasteiger partial charge >= 0.3 is 22.6 Å². The first-order chi connectivity index (χ1) is 26.5. The molecular formula is C41H33F2IN8O2Pd. The van der Waals surface area contributed by atoms with Crippen LogP contribution in [0, 0.1) is 29.3 Å². The maximum absolute atomic E-state index is 13.5. The van der Waals surface area contributed by atoms with Crippen LogP contribution in [0.4, 0.5) is 8.78 Å². The summed E-state index contributed by atoms with van der Waals surface area (Å²) < 4.78 is 39.7. The van der Waals surface area contributed by atoms with E-state index in [9.17, 15) is 13.6 Å². The van der Waals surface area contributed by atoms with Crippen LogP contribution in [0.15, 0.2) is 97.6 Å². The van der Waals surface area contributed by atoms with E-state index in [2.05, 4.69) is 57.1 Å². The van der Waals surface area contributed by atoms with Crippen molar-refractivity contribution >= 4 is 50.4 Å². The molecule has 10 nitrogen and oxygen atoms in total. The Morgan fingerprint density at radius 1 is 0.618 bits per heavy atom. The van der Waals surface area contributed by atoms with Crippen LogP contribution in [-0.4, -0.2) is 44.8 Å². The van der Waals surface area contributed by atoms with E-state index < -0.39 is 0 Å². The summed E-state index contributed by atoms with van der Waals surface area (Å²) in [5.74, 6) is -0.0164. The first-order valence-electron chi connectivity index (χ1n) is 16.8. The molecule has 0 amide bonds. The third kappa shape index (κ3) is 8.07.